The van der Waals surface area contributed by atoms with Crippen LogP contribution in [0, 0.1) is 34.9 Å². The predicted molar refractivity (Wildman–Crippen MR) is 197 cm³/mol. The van der Waals surface area contributed by atoms with Crippen LogP contribution in [0.25, 0.3) is 0 Å². The Morgan fingerprint density at radius 3 is 2.31 bits per heavy atom. The number of rotatable bonds is 7. The third-order valence-corrected chi connectivity index (χ3v) is 11.7. The number of carbonyl (C=O) groups is 4. The summed E-state index contributed by atoms with van der Waals surface area (Å²) in [5.74, 6) is -6.12. The summed E-state index contributed by atoms with van der Waals surface area (Å²) in [5, 5.41) is 14.8. The number of aromatic hydroxyl groups is 1. The molecule has 0 aromatic heterocycles. The van der Waals surface area contributed by atoms with Crippen molar-refractivity contribution in [2.45, 2.75) is 32.1 Å². The van der Waals surface area contributed by atoms with Crippen molar-refractivity contribution in [3.05, 3.63) is 137 Å². The van der Waals surface area contributed by atoms with Crippen LogP contribution in [0.5, 0.6) is 5.75 Å². The second-order valence-corrected chi connectivity index (χ2v) is 14.6. The summed E-state index contributed by atoms with van der Waals surface area (Å²) in [6.45, 7) is 5.55. The van der Waals surface area contributed by atoms with Crippen LogP contribution in [-0.4, -0.2) is 28.7 Å². The summed E-state index contributed by atoms with van der Waals surface area (Å²) in [5.41, 5.74) is 2.69. The largest absolute Gasteiger partial charge is 0.507 e. The minimum absolute atomic E-state index is 0.0146. The van der Waals surface area contributed by atoms with E-state index >= 15 is 0 Å². The fraction of sp³-hybridized carbons (Fsp3) is 0.238. The van der Waals surface area contributed by atoms with Crippen LogP contribution >= 0.6 is 11.6 Å². The monoisotopic (exact) mass is 715 g/mol. The quantitative estimate of drug-likeness (QED) is 0.148. The number of anilines is 4. The van der Waals surface area contributed by atoms with E-state index in [4.69, 9.17) is 11.6 Å². The minimum Gasteiger partial charge on any atom is -0.507 e. The summed E-state index contributed by atoms with van der Waals surface area (Å²) >= 11 is 6.11. The van der Waals surface area contributed by atoms with Crippen LogP contribution in [0.2, 0.25) is 5.02 Å². The SMILES string of the molecule is C=CCc1cccc([C@H]2C3=CC[C@@H]4C(=O)N(c5ccc(Nc6ccccc6)cc5)C(=O)[C@@H]4[C@@H]3C[C@H]3C(=O)N(c4ccc(F)c(Cl)c4)C(=O)[C@@]23C)c1O. The molecule has 0 spiro atoms. The van der Waals surface area contributed by atoms with Crippen molar-refractivity contribution in [1.29, 1.82) is 0 Å². The standard InChI is InChI=1S/C42H35ClFN3O5/c1-3-8-23-9-7-12-30(37(23)48)36-28-18-19-29-35(40(51)46(38(29)49)26-15-13-25(14-16-26)45-24-10-5-4-6-11-24)31(28)22-32-39(50)47(41(52)42(32,36)2)27-17-20-34(44)33(43)21-27/h3-7,9-18,20-21,29,31-32,35-36,45,48H,1,8,19,22H2,2H3/t29-,31+,32-,35-,36+,42+/m0/s1. The van der Waals surface area contributed by atoms with E-state index in [1.807, 2.05) is 48.5 Å². The van der Waals surface area contributed by atoms with Crippen LogP contribution in [0.1, 0.15) is 36.8 Å². The van der Waals surface area contributed by atoms with Gasteiger partial charge in [-0.2, -0.15) is 0 Å². The van der Waals surface area contributed by atoms with Gasteiger partial charge in [-0.1, -0.05) is 65.7 Å². The number of para-hydroxylation sites is 2. The fourth-order valence-electron chi connectivity index (χ4n) is 9.03. The van der Waals surface area contributed by atoms with Gasteiger partial charge in [0.15, 0.2) is 0 Å². The highest BCUT2D eigenvalue weighted by Gasteiger charge is 2.68. The molecule has 3 fully saturated rings. The van der Waals surface area contributed by atoms with Crippen LogP contribution in [0.3, 0.4) is 0 Å². The van der Waals surface area contributed by atoms with E-state index in [1.54, 1.807) is 43.3 Å². The van der Waals surface area contributed by atoms with Crippen molar-refractivity contribution < 1.29 is 28.7 Å². The summed E-state index contributed by atoms with van der Waals surface area (Å²) in [6.07, 6.45) is 4.37. The Balaban J connectivity index is 1.20. The topological polar surface area (TPSA) is 107 Å². The summed E-state index contributed by atoms with van der Waals surface area (Å²) in [4.78, 5) is 60.0. The Labute approximate surface area is 305 Å². The zero-order chi connectivity index (χ0) is 36.5. The van der Waals surface area contributed by atoms with Gasteiger partial charge in [0, 0.05) is 22.9 Å². The number of nitrogens with one attached hydrogen (secondary N) is 1. The Bertz CT molecular complexity index is 2200. The molecule has 0 radical (unpaired) electrons. The number of carbonyl (C=O) groups excluding carboxylic acids is 4. The molecule has 4 aromatic rings. The molecule has 2 aliphatic heterocycles. The number of amides is 4. The summed E-state index contributed by atoms with van der Waals surface area (Å²) < 4.78 is 14.2. The highest BCUT2D eigenvalue weighted by atomic mass is 35.5. The van der Waals surface area contributed by atoms with Crippen LogP contribution in [0.4, 0.5) is 27.1 Å². The molecule has 52 heavy (non-hydrogen) atoms. The van der Waals surface area contributed by atoms with Crippen molar-refractivity contribution in [3.63, 3.8) is 0 Å². The number of hydrogen-bond donors (Lipinski definition) is 2. The normalized spacial score (nSPS) is 26.5. The molecule has 8 nitrogen and oxygen atoms in total. The van der Waals surface area contributed by atoms with E-state index in [2.05, 4.69) is 11.9 Å². The van der Waals surface area contributed by atoms with E-state index < -0.39 is 52.6 Å². The van der Waals surface area contributed by atoms with Gasteiger partial charge in [0.2, 0.25) is 23.6 Å². The Morgan fingerprint density at radius 2 is 1.60 bits per heavy atom. The molecule has 10 heteroatoms. The van der Waals surface area contributed by atoms with E-state index in [-0.39, 0.29) is 41.1 Å². The zero-order valence-electron chi connectivity index (χ0n) is 28.3. The minimum atomic E-state index is -1.38. The average Bonchev–Trinajstić information content (AvgIpc) is 3.51. The number of nitrogens with zero attached hydrogens (tertiary/aromatic N) is 2. The fourth-order valence-corrected chi connectivity index (χ4v) is 9.21. The van der Waals surface area contributed by atoms with Gasteiger partial charge in [0.25, 0.3) is 0 Å². The lowest BCUT2D eigenvalue weighted by atomic mass is 9.51. The first kappa shape index (κ1) is 33.6. The number of hydrogen-bond acceptors (Lipinski definition) is 6. The second-order valence-electron chi connectivity index (χ2n) is 14.2. The van der Waals surface area contributed by atoms with E-state index in [9.17, 15) is 28.7 Å². The van der Waals surface area contributed by atoms with Crippen molar-refractivity contribution >= 4 is 58.0 Å². The molecule has 1 saturated carbocycles. The molecule has 4 aromatic carbocycles. The molecule has 4 aliphatic rings. The lowest BCUT2D eigenvalue weighted by Crippen LogP contribution is -2.49. The van der Waals surface area contributed by atoms with Gasteiger partial charge < -0.3 is 10.4 Å². The first-order valence-corrected chi connectivity index (χ1v) is 17.7. The number of allylic oxidation sites excluding steroid dienone is 3. The molecule has 8 rings (SSSR count). The first-order valence-electron chi connectivity index (χ1n) is 17.3. The Hall–Kier alpha value is -5.54. The van der Waals surface area contributed by atoms with Gasteiger partial charge in [0.05, 0.1) is 39.6 Å². The van der Waals surface area contributed by atoms with Crippen LogP contribution < -0.4 is 15.1 Å². The van der Waals surface area contributed by atoms with Gasteiger partial charge in [-0.25, -0.2) is 9.29 Å². The molecule has 2 heterocycles. The number of phenols is 1. The maximum atomic E-state index is 14.7. The Kier molecular flexibility index (Phi) is 8.14. The lowest BCUT2D eigenvalue weighted by molar-refractivity contribution is -0.131. The molecule has 2 N–H and O–H groups in total. The molecule has 262 valence electrons. The molecule has 0 unspecified atom stereocenters. The predicted octanol–water partition coefficient (Wildman–Crippen LogP) is 8.09. The highest BCUT2D eigenvalue weighted by molar-refractivity contribution is 6.32. The molecule has 2 saturated heterocycles. The summed E-state index contributed by atoms with van der Waals surface area (Å²) in [6, 6.07) is 25.8. The third kappa shape index (κ3) is 5.01. The average molecular weight is 716 g/mol. The molecule has 2 aliphatic carbocycles. The van der Waals surface area contributed by atoms with Crippen molar-refractivity contribution in [1.82, 2.24) is 0 Å². The molecular weight excluding hydrogens is 681 g/mol. The number of phenolic OH excluding ortho intramolecular Hbond substituents is 1. The highest BCUT2D eigenvalue weighted by Crippen LogP contribution is 2.64. The smallest absolute Gasteiger partial charge is 0.241 e. The lowest BCUT2D eigenvalue weighted by Gasteiger charge is -2.49. The first-order chi connectivity index (χ1) is 25.0. The number of fused-ring (bicyclic) bond motifs is 4. The van der Waals surface area contributed by atoms with Gasteiger partial charge >= 0.3 is 0 Å². The van der Waals surface area contributed by atoms with Gasteiger partial charge in [-0.05, 0) is 92.3 Å². The van der Waals surface area contributed by atoms with E-state index in [0.717, 1.165) is 27.9 Å². The zero-order valence-corrected chi connectivity index (χ0v) is 29.0. The summed E-state index contributed by atoms with van der Waals surface area (Å²) in [7, 11) is 0. The van der Waals surface area contributed by atoms with E-state index in [0.29, 0.717) is 23.2 Å². The number of benzene rings is 4. The van der Waals surface area contributed by atoms with Crippen LogP contribution in [0.15, 0.2) is 115 Å². The van der Waals surface area contributed by atoms with Gasteiger partial charge in [0.1, 0.15) is 11.6 Å². The van der Waals surface area contributed by atoms with Crippen LogP contribution in [-0.2, 0) is 25.6 Å². The number of imide groups is 2. The molecular formula is C42H35ClFN3O5. The maximum absolute atomic E-state index is 14.7. The Morgan fingerprint density at radius 1 is 0.885 bits per heavy atom. The maximum Gasteiger partial charge on any atom is 0.241 e. The van der Waals surface area contributed by atoms with Crippen molar-refractivity contribution in [3.8, 4) is 5.75 Å². The van der Waals surface area contributed by atoms with Gasteiger partial charge in [-0.15, -0.1) is 6.58 Å². The second kappa shape index (κ2) is 12.6. The number of halogens is 2. The third-order valence-electron chi connectivity index (χ3n) is 11.5. The molecule has 6 atom stereocenters. The van der Waals surface area contributed by atoms with Crippen molar-refractivity contribution in [2.75, 3.05) is 15.1 Å². The molecule has 4 amide bonds. The van der Waals surface area contributed by atoms with Gasteiger partial charge in [-0.3, -0.25) is 24.1 Å². The molecule has 0 bridgehead atoms. The van der Waals surface area contributed by atoms with Crippen molar-refractivity contribution in [2.24, 2.45) is 29.1 Å². The van der Waals surface area contributed by atoms with E-state index in [1.165, 1.54) is 17.0 Å².